The molecule has 94 valence electrons. The molecule has 0 aliphatic heterocycles. The van der Waals surface area contributed by atoms with Crippen molar-refractivity contribution < 1.29 is 9.90 Å². The predicted octanol–water partition coefficient (Wildman–Crippen LogP) is 1.42. The fourth-order valence-corrected chi connectivity index (χ4v) is 1.97. The number of carboxylic acids is 1. The largest absolute Gasteiger partial charge is 0.481 e. The monoisotopic (exact) mass is 254 g/mol. The van der Waals surface area contributed by atoms with Gasteiger partial charge < -0.3 is 5.11 Å². The lowest BCUT2D eigenvalue weighted by Crippen LogP contribution is -2.02. The number of rotatable bonds is 3. The van der Waals surface area contributed by atoms with Crippen LogP contribution in [0.25, 0.3) is 16.8 Å². The first kappa shape index (κ1) is 11.3. The van der Waals surface area contributed by atoms with Gasteiger partial charge in [-0.2, -0.15) is 5.10 Å². The minimum Gasteiger partial charge on any atom is -0.481 e. The van der Waals surface area contributed by atoms with Gasteiger partial charge in [-0.05, 0) is 29.8 Å². The maximum atomic E-state index is 10.7. The molecule has 0 saturated heterocycles. The molecule has 3 heterocycles. The average molecular weight is 254 g/mol. The molecule has 6 heteroatoms. The Morgan fingerprint density at radius 1 is 1.32 bits per heavy atom. The first-order valence-electron chi connectivity index (χ1n) is 5.69. The van der Waals surface area contributed by atoms with Crippen molar-refractivity contribution in [3.05, 3.63) is 48.7 Å². The van der Waals surface area contributed by atoms with Gasteiger partial charge in [0.05, 0.1) is 12.1 Å². The van der Waals surface area contributed by atoms with Crippen molar-refractivity contribution in [2.45, 2.75) is 6.42 Å². The van der Waals surface area contributed by atoms with Crippen LogP contribution >= 0.6 is 0 Å². The standard InChI is InChI=1S/C13H10N4O2/c18-12(19)7-10-6-9(3-4-14-10)11-2-1-5-17-13(11)15-8-16-17/h1-6,8H,7H2,(H,18,19). The minimum absolute atomic E-state index is 0.0936. The van der Waals surface area contributed by atoms with E-state index in [1.54, 1.807) is 16.8 Å². The zero-order chi connectivity index (χ0) is 13.2. The molecule has 0 aromatic carbocycles. The molecule has 3 aromatic heterocycles. The van der Waals surface area contributed by atoms with Gasteiger partial charge in [-0.3, -0.25) is 9.78 Å². The lowest BCUT2D eigenvalue weighted by atomic mass is 10.1. The van der Waals surface area contributed by atoms with E-state index in [2.05, 4.69) is 15.1 Å². The van der Waals surface area contributed by atoms with Gasteiger partial charge in [-0.1, -0.05) is 0 Å². The van der Waals surface area contributed by atoms with Crippen LogP contribution in [0, 0.1) is 0 Å². The van der Waals surface area contributed by atoms with Gasteiger partial charge in [0, 0.05) is 18.0 Å². The summed E-state index contributed by atoms with van der Waals surface area (Å²) in [6.45, 7) is 0. The number of hydrogen-bond acceptors (Lipinski definition) is 4. The third kappa shape index (κ3) is 2.15. The molecule has 0 saturated carbocycles. The van der Waals surface area contributed by atoms with Crippen LogP contribution in [0.1, 0.15) is 5.69 Å². The fraction of sp³-hybridized carbons (Fsp3) is 0.0769. The maximum absolute atomic E-state index is 10.7. The molecule has 19 heavy (non-hydrogen) atoms. The molecule has 3 aromatic rings. The summed E-state index contributed by atoms with van der Waals surface area (Å²) in [6, 6.07) is 7.38. The topological polar surface area (TPSA) is 80.4 Å². The van der Waals surface area contributed by atoms with Gasteiger partial charge in [0.15, 0.2) is 5.65 Å². The Kier molecular flexibility index (Phi) is 2.68. The third-order valence-electron chi connectivity index (χ3n) is 2.76. The van der Waals surface area contributed by atoms with Crippen molar-refractivity contribution in [1.29, 1.82) is 0 Å². The summed E-state index contributed by atoms with van der Waals surface area (Å²) < 4.78 is 1.67. The molecule has 0 fully saturated rings. The molecule has 0 amide bonds. The second-order valence-electron chi connectivity index (χ2n) is 4.06. The Morgan fingerprint density at radius 2 is 2.21 bits per heavy atom. The van der Waals surface area contributed by atoms with Gasteiger partial charge >= 0.3 is 5.97 Å². The predicted molar refractivity (Wildman–Crippen MR) is 67.6 cm³/mol. The van der Waals surface area contributed by atoms with Crippen LogP contribution in [-0.4, -0.2) is 30.7 Å². The number of aliphatic carboxylic acids is 1. The quantitative estimate of drug-likeness (QED) is 0.764. The van der Waals surface area contributed by atoms with E-state index in [4.69, 9.17) is 5.11 Å². The van der Waals surface area contributed by atoms with Gasteiger partial charge in [0.25, 0.3) is 0 Å². The van der Waals surface area contributed by atoms with Gasteiger partial charge in [-0.25, -0.2) is 9.50 Å². The van der Waals surface area contributed by atoms with E-state index >= 15 is 0 Å². The number of carbonyl (C=O) groups is 1. The molecule has 1 N–H and O–H groups in total. The maximum Gasteiger partial charge on any atom is 0.309 e. The van der Waals surface area contributed by atoms with Crippen LogP contribution in [0.5, 0.6) is 0 Å². The Labute approximate surface area is 108 Å². The summed E-state index contributed by atoms with van der Waals surface area (Å²) in [5, 5.41) is 12.9. The van der Waals surface area contributed by atoms with E-state index in [1.165, 1.54) is 6.33 Å². The number of fused-ring (bicyclic) bond motifs is 1. The lowest BCUT2D eigenvalue weighted by Gasteiger charge is -2.04. The van der Waals surface area contributed by atoms with E-state index in [9.17, 15) is 4.79 Å². The molecule has 0 aliphatic carbocycles. The Morgan fingerprint density at radius 3 is 3.05 bits per heavy atom. The Balaban J connectivity index is 2.11. The average Bonchev–Trinajstić information content (AvgIpc) is 2.86. The summed E-state index contributed by atoms with van der Waals surface area (Å²) >= 11 is 0. The van der Waals surface area contributed by atoms with Crippen molar-refractivity contribution in [1.82, 2.24) is 19.6 Å². The molecule has 0 aliphatic rings. The van der Waals surface area contributed by atoms with E-state index in [0.29, 0.717) is 5.69 Å². The summed E-state index contributed by atoms with van der Waals surface area (Å²) in [5.41, 5.74) is 3.03. The third-order valence-corrected chi connectivity index (χ3v) is 2.76. The van der Waals surface area contributed by atoms with Crippen molar-refractivity contribution in [2.24, 2.45) is 0 Å². The highest BCUT2D eigenvalue weighted by molar-refractivity contribution is 5.78. The fourth-order valence-electron chi connectivity index (χ4n) is 1.97. The van der Waals surface area contributed by atoms with Crippen molar-refractivity contribution >= 4 is 11.6 Å². The van der Waals surface area contributed by atoms with E-state index < -0.39 is 5.97 Å². The molecule has 0 radical (unpaired) electrons. The highest BCUT2D eigenvalue weighted by Crippen LogP contribution is 2.23. The molecule has 0 atom stereocenters. The molecule has 0 spiro atoms. The van der Waals surface area contributed by atoms with Crippen LogP contribution in [0.3, 0.4) is 0 Å². The highest BCUT2D eigenvalue weighted by Gasteiger charge is 2.08. The number of aromatic nitrogens is 4. The van der Waals surface area contributed by atoms with Crippen LogP contribution in [0.2, 0.25) is 0 Å². The molecule has 0 bridgehead atoms. The lowest BCUT2D eigenvalue weighted by molar-refractivity contribution is -0.136. The van der Waals surface area contributed by atoms with Gasteiger partial charge in [0.1, 0.15) is 6.33 Å². The number of nitrogens with zero attached hydrogens (tertiary/aromatic N) is 4. The van der Waals surface area contributed by atoms with Crippen molar-refractivity contribution in [2.75, 3.05) is 0 Å². The Bertz CT molecular complexity index is 751. The van der Waals surface area contributed by atoms with Gasteiger partial charge in [-0.15, -0.1) is 0 Å². The summed E-state index contributed by atoms with van der Waals surface area (Å²) in [7, 11) is 0. The van der Waals surface area contributed by atoms with Crippen LogP contribution < -0.4 is 0 Å². The van der Waals surface area contributed by atoms with Crippen LogP contribution in [0.15, 0.2) is 43.0 Å². The summed E-state index contributed by atoms with van der Waals surface area (Å²) in [4.78, 5) is 19.0. The SMILES string of the molecule is O=C(O)Cc1cc(-c2cccn3ncnc23)ccn1. The zero-order valence-corrected chi connectivity index (χ0v) is 9.89. The normalized spacial score (nSPS) is 10.7. The highest BCUT2D eigenvalue weighted by atomic mass is 16.4. The second-order valence-corrected chi connectivity index (χ2v) is 4.06. The van der Waals surface area contributed by atoms with Crippen LogP contribution in [0.4, 0.5) is 0 Å². The van der Waals surface area contributed by atoms with Crippen LogP contribution in [-0.2, 0) is 11.2 Å². The smallest absolute Gasteiger partial charge is 0.309 e. The second kappa shape index (κ2) is 4.49. The molecule has 0 unspecified atom stereocenters. The minimum atomic E-state index is -0.898. The Hall–Kier alpha value is -2.76. The molecular weight excluding hydrogens is 244 g/mol. The first-order chi connectivity index (χ1) is 9.24. The van der Waals surface area contributed by atoms with E-state index in [-0.39, 0.29) is 6.42 Å². The summed E-state index contributed by atoms with van der Waals surface area (Å²) in [6.07, 6.45) is 4.81. The molecular formula is C13H10N4O2. The van der Waals surface area contributed by atoms with Gasteiger partial charge in [0.2, 0.25) is 0 Å². The number of hydrogen-bond donors (Lipinski definition) is 1. The summed E-state index contributed by atoms with van der Waals surface area (Å²) in [5.74, 6) is -0.898. The van der Waals surface area contributed by atoms with Crippen molar-refractivity contribution in [3.63, 3.8) is 0 Å². The number of carboxylic acid groups (broad SMARTS) is 1. The first-order valence-corrected chi connectivity index (χ1v) is 5.69. The molecule has 3 rings (SSSR count). The molecule has 6 nitrogen and oxygen atoms in total. The number of pyridine rings is 2. The van der Waals surface area contributed by atoms with Crippen molar-refractivity contribution in [3.8, 4) is 11.1 Å². The van der Waals surface area contributed by atoms with E-state index in [1.807, 2.05) is 24.4 Å². The van der Waals surface area contributed by atoms with E-state index in [0.717, 1.165) is 16.8 Å². The zero-order valence-electron chi connectivity index (χ0n) is 9.89.